The van der Waals surface area contributed by atoms with Crippen molar-refractivity contribution in [1.29, 1.82) is 0 Å². The number of amides is 2. The summed E-state index contributed by atoms with van der Waals surface area (Å²) in [6, 6.07) is 19.1. The second kappa shape index (κ2) is 9.91. The number of benzene rings is 2. The van der Waals surface area contributed by atoms with E-state index in [-0.39, 0.29) is 6.03 Å². The fourth-order valence-electron chi connectivity index (χ4n) is 2.45. The number of urea groups is 1. The topological polar surface area (TPSA) is 76.1 Å². The number of para-hydroxylation sites is 1. The van der Waals surface area contributed by atoms with Crippen LogP contribution in [-0.2, 0) is 6.42 Å². The first kappa shape index (κ1) is 18.4. The van der Waals surface area contributed by atoms with Crippen LogP contribution in [0.15, 0.2) is 73.1 Å². The zero-order valence-electron chi connectivity index (χ0n) is 15.0. The van der Waals surface area contributed by atoms with E-state index in [9.17, 15) is 4.79 Å². The van der Waals surface area contributed by atoms with Gasteiger partial charge in [-0.1, -0.05) is 48.5 Å². The fourth-order valence-corrected chi connectivity index (χ4v) is 2.45. The maximum Gasteiger partial charge on any atom is 0.314 e. The van der Waals surface area contributed by atoms with Crippen LogP contribution in [-0.4, -0.2) is 35.7 Å². The summed E-state index contributed by atoms with van der Waals surface area (Å²) >= 11 is 0. The van der Waals surface area contributed by atoms with E-state index in [4.69, 9.17) is 4.74 Å². The van der Waals surface area contributed by atoms with E-state index in [1.807, 2.05) is 60.7 Å². The van der Waals surface area contributed by atoms with E-state index in [0.29, 0.717) is 31.9 Å². The fraction of sp³-hybridized carbons (Fsp3) is 0.190. The van der Waals surface area contributed by atoms with Gasteiger partial charge in [0.25, 0.3) is 0 Å². The summed E-state index contributed by atoms with van der Waals surface area (Å²) in [5, 5.41) is 5.58. The normalized spacial score (nSPS) is 10.2. The Morgan fingerprint density at radius 3 is 2.19 bits per heavy atom. The van der Waals surface area contributed by atoms with Gasteiger partial charge in [0.2, 0.25) is 0 Å². The van der Waals surface area contributed by atoms with Crippen molar-refractivity contribution in [2.45, 2.75) is 6.42 Å². The molecular formula is C21H22N4O2. The summed E-state index contributed by atoms with van der Waals surface area (Å²) in [5.41, 5.74) is 1.96. The van der Waals surface area contributed by atoms with E-state index < -0.39 is 0 Å². The van der Waals surface area contributed by atoms with Crippen molar-refractivity contribution in [3.8, 4) is 17.1 Å². The molecular weight excluding hydrogens is 340 g/mol. The van der Waals surface area contributed by atoms with Gasteiger partial charge in [0.05, 0.1) is 6.54 Å². The number of carbonyl (C=O) groups excluding carboxylic acids is 1. The molecule has 0 unspecified atom stereocenters. The maximum atomic E-state index is 11.8. The zero-order valence-corrected chi connectivity index (χ0v) is 15.0. The standard InChI is InChI=1S/C21H22N4O2/c26-21(23-13-14-27-19-9-5-2-6-10-19)22-12-11-17-15-24-20(25-16-17)18-7-3-1-4-8-18/h1-10,15-16H,11-14H2,(H2,22,23,26). The summed E-state index contributed by atoms with van der Waals surface area (Å²) in [6.45, 7) is 1.38. The van der Waals surface area contributed by atoms with Gasteiger partial charge in [-0.15, -0.1) is 0 Å². The molecule has 6 nitrogen and oxygen atoms in total. The summed E-state index contributed by atoms with van der Waals surface area (Å²) in [5.74, 6) is 1.49. The predicted molar refractivity (Wildman–Crippen MR) is 105 cm³/mol. The Morgan fingerprint density at radius 1 is 0.852 bits per heavy atom. The van der Waals surface area contributed by atoms with E-state index in [1.54, 1.807) is 12.4 Å². The SMILES string of the molecule is O=C(NCCOc1ccccc1)NCCc1cnc(-c2ccccc2)nc1. The van der Waals surface area contributed by atoms with E-state index >= 15 is 0 Å². The highest BCUT2D eigenvalue weighted by molar-refractivity contribution is 5.73. The number of hydrogen-bond acceptors (Lipinski definition) is 4. The van der Waals surface area contributed by atoms with Crippen LogP contribution in [0.25, 0.3) is 11.4 Å². The molecule has 3 aromatic rings. The quantitative estimate of drug-likeness (QED) is 0.604. The van der Waals surface area contributed by atoms with E-state index in [0.717, 1.165) is 16.9 Å². The van der Waals surface area contributed by atoms with Crippen molar-refractivity contribution in [3.63, 3.8) is 0 Å². The molecule has 0 aliphatic rings. The van der Waals surface area contributed by atoms with Crippen LogP contribution in [0.4, 0.5) is 4.79 Å². The lowest BCUT2D eigenvalue weighted by atomic mass is 10.2. The van der Waals surface area contributed by atoms with Gasteiger partial charge in [0.1, 0.15) is 12.4 Å². The van der Waals surface area contributed by atoms with Crippen molar-refractivity contribution >= 4 is 6.03 Å². The van der Waals surface area contributed by atoms with E-state index in [1.165, 1.54) is 0 Å². The van der Waals surface area contributed by atoms with Gasteiger partial charge in [-0.3, -0.25) is 0 Å². The molecule has 0 saturated heterocycles. The van der Waals surface area contributed by atoms with E-state index in [2.05, 4.69) is 20.6 Å². The maximum absolute atomic E-state index is 11.8. The zero-order chi connectivity index (χ0) is 18.7. The highest BCUT2D eigenvalue weighted by atomic mass is 16.5. The smallest absolute Gasteiger partial charge is 0.314 e. The highest BCUT2D eigenvalue weighted by Gasteiger charge is 2.03. The minimum Gasteiger partial charge on any atom is -0.492 e. The van der Waals surface area contributed by atoms with Gasteiger partial charge in [-0.25, -0.2) is 14.8 Å². The molecule has 1 aromatic heterocycles. The largest absolute Gasteiger partial charge is 0.492 e. The first-order valence-electron chi connectivity index (χ1n) is 8.87. The molecule has 138 valence electrons. The van der Waals surface area contributed by atoms with Crippen molar-refractivity contribution in [1.82, 2.24) is 20.6 Å². The third-order valence-corrected chi connectivity index (χ3v) is 3.84. The first-order valence-corrected chi connectivity index (χ1v) is 8.87. The molecule has 27 heavy (non-hydrogen) atoms. The number of ether oxygens (including phenoxy) is 1. The molecule has 0 spiro atoms. The molecule has 0 radical (unpaired) electrons. The van der Waals surface area contributed by atoms with Crippen LogP contribution in [0.1, 0.15) is 5.56 Å². The van der Waals surface area contributed by atoms with Crippen LogP contribution in [0.3, 0.4) is 0 Å². The van der Waals surface area contributed by atoms with Gasteiger partial charge in [0, 0.05) is 24.5 Å². The van der Waals surface area contributed by atoms with Gasteiger partial charge in [0.15, 0.2) is 5.82 Å². The second-order valence-corrected chi connectivity index (χ2v) is 5.88. The summed E-state index contributed by atoms with van der Waals surface area (Å²) in [6.07, 6.45) is 4.26. The Labute approximate surface area is 158 Å². The average molecular weight is 362 g/mol. The minimum atomic E-state index is -0.214. The minimum absolute atomic E-state index is 0.214. The predicted octanol–water partition coefficient (Wildman–Crippen LogP) is 3.06. The first-order chi connectivity index (χ1) is 13.3. The van der Waals surface area contributed by atoms with Crippen molar-refractivity contribution in [2.75, 3.05) is 19.7 Å². The van der Waals surface area contributed by atoms with Crippen LogP contribution in [0.2, 0.25) is 0 Å². The molecule has 0 aliphatic carbocycles. The van der Waals surface area contributed by atoms with Crippen LogP contribution < -0.4 is 15.4 Å². The average Bonchev–Trinajstić information content (AvgIpc) is 2.73. The number of nitrogens with zero attached hydrogens (tertiary/aromatic N) is 2. The summed E-state index contributed by atoms with van der Waals surface area (Å²) < 4.78 is 5.52. The summed E-state index contributed by atoms with van der Waals surface area (Å²) in [7, 11) is 0. The molecule has 6 heteroatoms. The molecule has 2 amide bonds. The Bertz CT molecular complexity index is 824. The second-order valence-electron chi connectivity index (χ2n) is 5.88. The number of rotatable bonds is 8. The Morgan fingerprint density at radius 2 is 1.48 bits per heavy atom. The lowest BCUT2D eigenvalue weighted by Crippen LogP contribution is -2.38. The molecule has 1 heterocycles. The third kappa shape index (κ3) is 6.11. The monoisotopic (exact) mass is 362 g/mol. The summed E-state index contributed by atoms with van der Waals surface area (Å²) in [4.78, 5) is 20.5. The van der Waals surface area contributed by atoms with Gasteiger partial charge in [-0.2, -0.15) is 0 Å². The Balaban J connectivity index is 1.32. The van der Waals surface area contributed by atoms with Gasteiger partial charge >= 0.3 is 6.03 Å². The number of hydrogen-bond donors (Lipinski definition) is 2. The molecule has 0 fully saturated rings. The highest BCUT2D eigenvalue weighted by Crippen LogP contribution is 2.13. The van der Waals surface area contributed by atoms with Crippen molar-refractivity contribution in [2.24, 2.45) is 0 Å². The van der Waals surface area contributed by atoms with Gasteiger partial charge in [-0.05, 0) is 24.1 Å². The Kier molecular flexibility index (Phi) is 6.75. The molecule has 0 bridgehead atoms. The molecule has 0 aliphatic heterocycles. The van der Waals surface area contributed by atoms with Crippen molar-refractivity contribution in [3.05, 3.63) is 78.6 Å². The van der Waals surface area contributed by atoms with Gasteiger partial charge < -0.3 is 15.4 Å². The van der Waals surface area contributed by atoms with Crippen LogP contribution in [0, 0.1) is 0 Å². The van der Waals surface area contributed by atoms with Crippen LogP contribution >= 0.6 is 0 Å². The lowest BCUT2D eigenvalue weighted by molar-refractivity contribution is 0.236. The molecule has 2 N–H and O–H groups in total. The molecule has 0 saturated carbocycles. The Hall–Kier alpha value is -3.41. The lowest BCUT2D eigenvalue weighted by Gasteiger charge is -2.09. The molecule has 2 aromatic carbocycles. The number of carbonyl (C=O) groups is 1. The number of nitrogens with one attached hydrogen (secondary N) is 2. The van der Waals surface area contributed by atoms with Crippen LogP contribution in [0.5, 0.6) is 5.75 Å². The third-order valence-electron chi connectivity index (χ3n) is 3.84. The number of aromatic nitrogens is 2. The molecule has 3 rings (SSSR count). The van der Waals surface area contributed by atoms with Crippen molar-refractivity contribution < 1.29 is 9.53 Å². The molecule has 0 atom stereocenters.